The second-order valence-corrected chi connectivity index (χ2v) is 7.45. The van der Waals surface area contributed by atoms with E-state index < -0.39 is 0 Å². The van der Waals surface area contributed by atoms with Crippen molar-refractivity contribution in [1.29, 1.82) is 0 Å². The Bertz CT molecular complexity index is 595. The predicted molar refractivity (Wildman–Crippen MR) is 97.2 cm³/mol. The number of pyridine rings is 1. The summed E-state index contributed by atoms with van der Waals surface area (Å²) in [4.78, 5) is 4.65. The van der Waals surface area contributed by atoms with Gasteiger partial charge < -0.3 is 4.42 Å². The van der Waals surface area contributed by atoms with Gasteiger partial charge in [-0.2, -0.15) is 0 Å². The Morgan fingerprint density at radius 1 is 0.783 bits per heavy atom. The van der Waals surface area contributed by atoms with E-state index in [2.05, 4.69) is 70.8 Å². The van der Waals surface area contributed by atoms with Gasteiger partial charge in [-0.1, -0.05) is 47.6 Å². The Morgan fingerprint density at radius 2 is 1.43 bits per heavy atom. The summed E-state index contributed by atoms with van der Waals surface area (Å²) in [5.41, 5.74) is 2.51. The summed E-state index contributed by atoms with van der Waals surface area (Å²) < 4.78 is 5.97. The first-order chi connectivity index (χ1) is 10.9. The Kier molecular flexibility index (Phi) is 6.04. The standard InChI is InChI=1S/C21H31NO/c1-14(2)18-9-10-19(22-13-18)16(5)7-8-17(6)21-12-11-20(23-21)15(3)4/h9-17H,7-8H2,1-6H3. The molecule has 0 saturated heterocycles. The fourth-order valence-corrected chi connectivity index (χ4v) is 2.78. The third-order valence-corrected chi connectivity index (χ3v) is 4.72. The van der Waals surface area contributed by atoms with Crippen LogP contribution in [0.3, 0.4) is 0 Å². The van der Waals surface area contributed by atoms with Crippen molar-refractivity contribution in [2.45, 2.75) is 78.1 Å². The Labute approximate surface area is 141 Å². The molecule has 0 N–H and O–H groups in total. The number of hydrogen-bond acceptors (Lipinski definition) is 2. The molecule has 0 aromatic carbocycles. The van der Waals surface area contributed by atoms with Crippen LogP contribution in [0.15, 0.2) is 34.9 Å². The van der Waals surface area contributed by atoms with Gasteiger partial charge in [0, 0.05) is 23.7 Å². The van der Waals surface area contributed by atoms with Crippen molar-refractivity contribution in [2.24, 2.45) is 0 Å². The molecule has 126 valence electrons. The van der Waals surface area contributed by atoms with Crippen LogP contribution in [0.1, 0.15) is 101 Å². The smallest absolute Gasteiger partial charge is 0.106 e. The van der Waals surface area contributed by atoms with Crippen LogP contribution in [-0.2, 0) is 0 Å². The molecule has 0 bridgehead atoms. The highest BCUT2D eigenvalue weighted by molar-refractivity contribution is 5.19. The second-order valence-electron chi connectivity index (χ2n) is 7.45. The van der Waals surface area contributed by atoms with E-state index >= 15 is 0 Å². The van der Waals surface area contributed by atoms with Gasteiger partial charge in [0.2, 0.25) is 0 Å². The van der Waals surface area contributed by atoms with Crippen molar-refractivity contribution < 1.29 is 4.42 Å². The lowest BCUT2D eigenvalue weighted by Crippen LogP contribution is -2.01. The molecule has 0 aliphatic carbocycles. The Morgan fingerprint density at radius 3 is 1.96 bits per heavy atom. The highest BCUT2D eigenvalue weighted by Crippen LogP contribution is 2.29. The van der Waals surface area contributed by atoms with Gasteiger partial charge in [0.05, 0.1) is 0 Å². The summed E-state index contributed by atoms with van der Waals surface area (Å²) in [6.07, 6.45) is 4.29. The third-order valence-electron chi connectivity index (χ3n) is 4.72. The molecule has 0 fully saturated rings. The van der Waals surface area contributed by atoms with E-state index in [1.807, 2.05) is 6.20 Å². The van der Waals surface area contributed by atoms with E-state index in [4.69, 9.17) is 4.42 Å². The van der Waals surface area contributed by atoms with Crippen molar-refractivity contribution in [3.63, 3.8) is 0 Å². The zero-order valence-electron chi connectivity index (χ0n) is 15.5. The first kappa shape index (κ1) is 17.8. The van der Waals surface area contributed by atoms with E-state index in [-0.39, 0.29) is 0 Å². The van der Waals surface area contributed by atoms with Gasteiger partial charge >= 0.3 is 0 Å². The molecule has 2 heteroatoms. The summed E-state index contributed by atoms with van der Waals surface area (Å²) in [5.74, 6) is 4.15. The average molecular weight is 313 g/mol. The van der Waals surface area contributed by atoms with Crippen LogP contribution in [0.5, 0.6) is 0 Å². The van der Waals surface area contributed by atoms with Gasteiger partial charge in [-0.05, 0) is 48.4 Å². The molecule has 2 aromatic rings. The van der Waals surface area contributed by atoms with Crippen LogP contribution in [0.4, 0.5) is 0 Å². The molecule has 0 amide bonds. The first-order valence-electron chi connectivity index (χ1n) is 8.94. The van der Waals surface area contributed by atoms with Gasteiger partial charge in [-0.3, -0.25) is 4.98 Å². The van der Waals surface area contributed by atoms with Crippen LogP contribution in [0, 0.1) is 0 Å². The minimum Gasteiger partial charge on any atom is -0.466 e. The normalized spacial score (nSPS) is 14.4. The molecule has 0 saturated carbocycles. The summed E-state index contributed by atoms with van der Waals surface area (Å²) in [7, 11) is 0. The summed E-state index contributed by atoms with van der Waals surface area (Å²) in [5, 5.41) is 0. The SMILES string of the molecule is CC(C)c1ccc(C(C)CCC(C)c2ccc(C(C)C)o2)nc1. The zero-order valence-corrected chi connectivity index (χ0v) is 15.5. The molecule has 2 rings (SSSR count). The molecule has 0 aliphatic heterocycles. The Hall–Kier alpha value is -1.57. The molecular formula is C21H31NO. The minimum atomic E-state index is 0.457. The highest BCUT2D eigenvalue weighted by Gasteiger charge is 2.15. The summed E-state index contributed by atoms with van der Waals surface area (Å²) >= 11 is 0. The Balaban J connectivity index is 1.91. The molecule has 2 unspecified atom stereocenters. The van der Waals surface area contributed by atoms with Crippen LogP contribution < -0.4 is 0 Å². The fraction of sp³-hybridized carbons (Fsp3) is 0.571. The van der Waals surface area contributed by atoms with Crippen molar-refractivity contribution in [3.05, 3.63) is 53.2 Å². The van der Waals surface area contributed by atoms with Gasteiger partial charge in [-0.15, -0.1) is 0 Å². The van der Waals surface area contributed by atoms with E-state index in [9.17, 15) is 0 Å². The lowest BCUT2D eigenvalue weighted by Gasteiger charge is -2.15. The zero-order chi connectivity index (χ0) is 17.0. The molecule has 2 aromatic heterocycles. The minimum absolute atomic E-state index is 0.457. The number of aromatic nitrogens is 1. The molecular weight excluding hydrogens is 282 g/mol. The largest absolute Gasteiger partial charge is 0.466 e. The van der Waals surface area contributed by atoms with Crippen LogP contribution >= 0.6 is 0 Å². The lowest BCUT2D eigenvalue weighted by molar-refractivity contribution is 0.408. The van der Waals surface area contributed by atoms with E-state index in [0.717, 1.165) is 24.4 Å². The topological polar surface area (TPSA) is 26.0 Å². The predicted octanol–water partition coefficient (Wildman–Crippen LogP) is 6.61. The first-order valence-corrected chi connectivity index (χ1v) is 8.94. The maximum atomic E-state index is 5.97. The molecule has 23 heavy (non-hydrogen) atoms. The van der Waals surface area contributed by atoms with E-state index in [1.54, 1.807) is 0 Å². The van der Waals surface area contributed by atoms with Crippen LogP contribution in [-0.4, -0.2) is 4.98 Å². The summed E-state index contributed by atoms with van der Waals surface area (Å²) in [6.45, 7) is 13.3. The number of furan rings is 1. The monoisotopic (exact) mass is 313 g/mol. The quantitative estimate of drug-likeness (QED) is 0.575. The van der Waals surface area contributed by atoms with Gasteiger partial charge in [-0.25, -0.2) is 0 Å². The van der Waals surface area contributed by atoms with E-state index in [0.29, 0.717) is 23.7 Å². The molecule has 0 radical (unpaired) electrons. The van der Waals surface area contributed by atoms with Crippen molar-refractivity contribution >= 4 is 0 Å². The molecule has 2 heterocycles. The van der Waals surface area contributed by atoms with Gasteiger partial charge in [0.25, 0.3) is 0 Å². The number of rotatable bonds is 7. The van der Waals surface area contributed by atoms with E-state index in [1.165, 1.54) is 11.3 Å². The third kappa shape index (κ3) is 4.70. The van der Waals surface area contributed by atoms with Crippen LogP contribution in [0.2, 0.25) is 0 Å². The maximum Gasteiger partial charge on any atom is 0.106 e. The summed E-state index contributed by atoms with van der Waals surface area (Å²) in [6, 6.07) is 8.66. The lowest BCUT2D eigenvalue weighted by atomic mass is 9.93. The van der Waals surface area contributed by atoms with Crippen LogP contribution in [0.25, 0.3) is 0 Å². The van der Waals surface area contributed by atoms with Gasteiger partial charge in [0.15, 0.2) is 0 Å². The molecule has 2 atom stereocenters. The van der Waals surface area contributed by atoms with Crippen molar-refractivity contribution in [1.82, 2.24) is 4.98 Å². The second kappa shape index (κ2) is 7.81. The molecule has 0 spiro atoms. The van der Waals surface area contributed by atoms with Crippen molar-refractivity contribution in [2.75, 3.05) is 0 Å². The van der Waals surface area contributed by atoms with Gasteiger partial charge in [0.1, 0.15) is 11.5 Å². The number of nitrogens with zero attached hydrogens (tertiary/aromatic N) is 1. The highest BCUT2D eigenvalue weighted by atomic mass is 16.3. The average Bonchev–Trinajstić information content (AvgIpc) is 3.02. The van der Waals surface area contributed by atoms with Crippen molar-refractivity contribution in [3.8, 4) is 0 Å². The molecule has 2 nitrogen and oxygen atoms in total. The fourth-order valence-electron chi connectivity index (χ4n) is 2.78. The molecule has 0 aliphatic rings. The maximum absolute atomic E-state index is 5.97. The number of hydrogen-bond donors (Lipinski definition) is 0.